The predicted molar refractivity (Wildman–Crippen MR) is 107 cm³/mol. The van der Waals surface area contributed by atoms with Gasteiger partial charge in [-0.1, -0.05) is 18.2 Å². The van der Waals surface area contributed by atoms with Crippen LogP contribution in [0.3, 0.4) is 0 Å². The highest BCUT2D eigenvalue weighted by Gasteiger charge is 2.18. The molecule has 0 atom stereocenters. The molecule has 0 aliphatic rings. The maximum absolute atomic E-state index is 12.9. The van der Waals surface area contributed by atoms with Gasteiger partial charge in [0.05, 0.1) is 22.8 Å². The van der Waals surface area contributed by atoms with Crippen molar-refractivity contribution in [2.24, 2.45) is 0 Å². The highest BCUT2D eigenvalue weighted by molar-refractivity contribution is 6.09. The van der Waals surface area contributed by atoms with Gasteiger partial charge in [-0.2, -0.15) is 5.26 Å². The molecule has 1 aromatic heterocycles. The Morgan fingerprint density at radius 1 is 1.04 bits per heavy atom. The SMILES string of the molecule is CCN(C(=O)c1cncc(C(=O)Nc2ccc(C#N)cc2)c1)c1ccccc1. The van der Waals surface area contributed by atoms with E-state index in [-0.39, 0.29) is 17.4 Å². The molecule has 1 N–H and O–H groups in total. The Bertz CT molecular complexity index is 1020. The number of rotatable bonds is 5. The molecule has 0 spiro atoms. The fourth-order valence-electron chi connectivity index (χ4n) is 2.72. The molecule has 0 radical (unpaired) electrons. The van der Waals surface area contributed by atoms with Gasteiger partial charge in [0, 0.05) is 30.3 Å². The quantitative estimate of drug-likeness (QED) is 0.739. The molecule has 6 nitrogen and oxygen atoms in total. The van der Waals surface area contributed by atoms with Crippen molar-refractivity contribution in [2.75, 3.05) is 16.8 Å². The number of hydrogen-bond acceptors (Lipinski definition) is 4. The standard InChI is InChI=1S/C22H18N4O2/c1-2-26(20-6-4-3-5-7-20)22(28)18-12-17(14-24-15-18)21(27)25-19-10-8-16(13-23)9-11-19/h3-12,14-15H,2H2,1H3,(H,25,27). The smallest absolute Gasteiger partial charge is 0.259 e. The van der Waals surface area contributed by atoms with E-state index >= 15 is 0 Å². The Morgan fingerprint density at radius 2 is 1.71 bits per heavy atom. The second kappa shape index (κ2) is 8.60. The second-order valence-corrected chi connectivity index (χ2v) is 5.99. The average Bonchev–Trinajstić information content (AvgIpc) is 2.75. The molecule has 3 rings (SSSR count). The van der Waals surface area contributed by atoms with Crippen LogP contribution in [0.25, 0.3) is 0 Å². The first kappa shape index (κ1) is 18.8. The van der Waals surface area contributed by atoms with E-state index < -0.39 is 0 Å². The van der Waals surface area contributed by atoms with Gasteiger partial charge in [0.25, 0.3) is 11.8 Å². The molecule has 1 heterocycles. The number of carbonyl (C=O) groups excluding carboxylic acids is 2. The zero-order valence-corrected chi connectivity index (χ0v) is 15.3. The van der Waals surface area contributed by atoms with Gasteiger partial charge in [-0.05, 0) is 49.4 Å². The van der Waals surface area contributed by atoms with Crippen molar-refractivity contribution in [1.82, 2.24) is 4.98 Å². The Morgan fingerprint density at radius 3 is 2.36 bits per heavy atom. The lowest BCUT2D eigenvalue weighted by Crippen LogP contribution is -2.31. The molecule has 0 unspecified atom stereocenters. The lowest BCUT2D eigenvalue weighted by molar-refractivity contribution is 0.0988. The number of carbonyl (C=O) groups is 2. The van der Waals surface area contributed by atoms with E-state index in [2.05, 4.69) is 10.3 Å². The lowest BCUT2D eigenvalue weighted by Gasteiger charge is -2.21. The van der Waals surface area contributed by atoms with Crippen LogP contribution in [-0.2, 0) is 0 Å². The summed E-state index contributed by atoms with van der Waals surface area (Å²) in [4.78, 5) is 31.1. The largest absolute Gasteiger partial charge is 0.322 e. The van der Waals surface area contributed by atoms with Crippen LogP contribution >= 0.6 is 0 Å². The number of hydrogen-bond donors (Lipinski definition) is 1. The van der Waals surface area contributed by atoms with E-state index in [0.29, 0.717) is 23.4 Å². The van der Waals surface area contributed by atoms with Gasteiger partial charge in [-0.3, -0.25) is 14.6 Å². The maximum atomic E-state index is 12.9. The van der Waals surface area contributed by atoms with E-state index in [0.717, 1.165) is 5.69 Å². The molecule has 0 bridgehead atoms. The number of anilines is 2. The summed E-state index contributed by atoms with van der Waals surface area (Å²) >= 11 is 0. The first-order valence-corrected chi connectivity index (χ1v) is 8.76. The monoisotopic (exact) mass is 370 g/mol. The molecule has 138 valence electrons. The summed E-state index contributed by atoms with van der Waals surface area (Å²) in [5, 5.41) is 11.6. The van der Waals surface area contributed by atoms with Gasteiger partial charge in [0.1, 0.15) is 0 Å². The zero-order valence-electron chi connectivity index (χ0n) is 15.3. The van der Waals surface area contributed by atoms with Crippen LogP contribution in [0.5, 0.6) is 0 Å². The number of benzene rings is 2. The van der Waals surface area contributed by atoms with Crippen molar-refractivity contribution < 1.29 is 9.59 Å². The number of nitriles is 1. The summed E-state index contributed by atoms with van der Waals surface area (Å²) in [5.74, 6) is -0.608. The van der Waals surface area contributed by atoms with Crippen molar-refractivity contribution in [3.8, 4) is 6.07 Å². The summed E-state index contributed by atoms with van der Waals surface area (Å²) in [5.41, 5.74) is 2.45. The van der Waals surface area contributed by atoms with Gasteiger partial charge in [0.15, 0.2) is 0 Å². The summed E-state index contributed by atoms with van der Waals surface area (Å²) in [6, 6.07) is 19.4. The Kier molecular flexibility index (Phi) is 5.78. The third-order valence-corrected chi connectivity index (χ3v) is 4.15. The van der Waals surface area contributed by atoms with E-state index in [1.54, 1.807) is 29.2 Å². The molecule has 3 aromatic rings. The lowest BCUT2D eigenvalue weighted by atomic mass is 10.1. The number of aromatic nitrogens is 1. The molecule has 6 heteroatoms. The third-order valence-electron chi connectivity index (χ3n) is 4.15. The molecule has 0 saturated heterocycles. The summed E-state index contributed by atoms with van der Waals surface area (Å²) in [6.45, 7) is 2.38. The molecule has 0 saturated carbocycles. The predicted octanol–water partition coefficient (Wildman–Crippen LogP) is 3.87. The number of amides is 2. The van der Waals surface area contributed by atoms with Crippen LogP contribution in [0.15, 0.2) is 73.1 Å². The highest BCUT2D eigenvalue weighted by atomic mass is 16.2. The topological polar surface area (TPSA) is 86.1 Å². The van der Waals surface area contributed by atoms with Crippen molar-refractivity contribution in [3.63, 3.8) is 0 Å². The second-order valence-electron chi connectivity index (χ2n) is 5.99. The van der Waals surface area contributed by atoms with Crippen LogP contribution in [0.2, 0.25) is 0 Å². The first-order chi connectivity index (χ1) is 13.6. The van der Waals surface area contributed by atoms with Crippen LogP contribution in [0.4, 0.5) is 11.4 Å². The summed E-state index contributed by atoms with van der Waals surface area (Å²) in [6.07, 6.45) is 2.86. The number of pyridine rings is 1. The fourth-order valence-corrected chi connectivity index (χ4v) is 2.72. The van der Waals surface area contributed by atoms with Crippen molar-refractivity contribution >= 4 is 23.2 Å². The molecular weight excluding hydrogens is 352 g/mol. The Hall–Kier alpha value is -3.98. The molecule has 0 aliphatic heterocycles. The summed E-state index contributed by atoms with van der Waals surface area (Å²) < 4.78 is 0. The van der Waals surface area contributed by atoms with Crippen LogP contribution < -0.4 is 10.2 Å². The number of nitrogens with one attached hydrogen (secondary N) is 1. The fraction of sp³-hybridized carbons (Fsp3) is 0.0909. The van der Waals surface area contributed by atoms with E-state index in [9.17, 15) is 9.59 Å². The number of para-hydroxylation sites is 1. The summed E-state index contributed by atoms with van der Waals surface area (Å²) in [7, 11) is 0. The average molecular weight is 370 g/mol. The van der Waals surface area contributed by atoms with Gasteiger partial charge < -0.3 is 10.2 Å². The Balaban J connectivity index is 1.79. The van der Waals surface area contributed by atoms with Gasteiger partial charge >= 0.3 is 0 Å². The Labute approximate surface area is 163 Å². The van der Waals surface area contributed by atoms with E-state index in [4.69, 9.17) is 5.26 Å². The number of nitrogens with zero attached hydrogens (tertiary/aromatic N) is 3. The highest BCUT2D eigenvalue weighted by Crippen LogP contribution is 2.17. The normalized spacial score (nSPS) is 10.0. The van der Waals surface area contributed by atoms with Crippen molar-refractivity contribution in [1.29, 1.82) is 5.26 Å². The van der Waals surface area contributed by atoms with Gasteiger partial charge in [0.2, 0.25) is 0 Å². The van der Waals surface area contributed by atoms with Crippen LogP contribution in [0, 0.1) is 11.3 Å². The molecule has 2 amide bonds. The van der Waals surface area contributed by atoms with Gasteiger partial charge in [-0.15, -0.1) is 0 Å². The van der Waals surface area contributed by atoms with Crippen LogP contribution in [-0.4, -0.2) is 23.3 Å². The van der Waals surface area contributed by atoms with Crippen molar-refractivity contribution in [2.45, 2.75) is 6.92 Å². The maximum Gasteiger partial charge on any atom is 0.259 e. The molecule has 28 heavy (non-hydrogen) atoms. The minimum atomic E-state index is -0.380. The van der Waals surface area contributed by atoms with Gasteiger partial charge in [-0.25, -0.2) is 0 Å². The molecular formula is C22H18N4O2. The minimum absolute atomic E-state index is 0.228. The first-order valence-electron chi connectivity index (χ1n) is 8.76. The third kappa shape index (κ3) is 4.22. The van der Waals surface area contributed by atoms with Crippen LogP contribution in [0.1, 0.15) is 33.2 Å². The zero-order chi connectivity index (χ0) is 19.9. The van der Waals surface area contributed by atoms with E-state index in [1.807, 2.05) is 43.3 Å². The molecule has 0 fully saturated rings. The van der Waals surface area contributed by atoms with E-state index in [1.165, 1.54) is 18.5 Å². The van der Waals surface area contributed by atoms with Crippen molar-refractivity contribution in [3.05, 3.63) is 89.7 Å². The molecule has 2 aromatic carbocycles. The molecule has 0 aliphatic carbocycles. The minimum Gasteiger partial charge on any atom is -0.322 e.